The summed E-state index contributed by atoms with van der Waals surface area (Å²) in [7, 11) is 5.59. The number of aromatic nitrogens is 1. The van der Waals surface area contributed by atoms with Gasteiger partial charge in [-0.2, -0.15) is 0 Å². The van der Waals surface area contributed by atoms with Gasteiger partial charge in [0, 0.05) is 23.2 Å². The molecule has 5 heteroatoms. The number of esters is 1. The van der Waals surface area contributed by atoms with Crippen LogP contribution in [0.25, 0.3) is 10.9 Å². The molecule has 0 saturated carbocycles. The monoisotopic (exact) mass is 285 g/mol. The van der Waals surface area contributed by atoms with E-state index in [-0.39, 0.29) is 12.0 Å². The summed E-state index contributed by atoms with van der Waals surface area (Å²) in [6.45, 7) is 4.34. The molecule has 110 valence electrons. The lowest BCUT2D eigenvalue weighted by Gasteiger charge is -2.09. The molecule has 1 unspecified atom stereocenters. The third-order valence-corrected chi connectivity index (χ3v) is 3.18. The zero-order chi connectivity index (χ0) is 15.2. The fraction of sp³-hybridized carbons (Fsp3) is 0.438. The van der Waals surface area contributed by atoms with Crippen molar-refractivity contribution in [1.82, 2.24) is 4.98 Å². The molecule has 0 bridgehead atoms. The predicted octanol–water partition coefficient (Wildman–Crippen LogP) is 3.41. The highest BCUT2D eigenvalue weighted by atomic mass is 16.5. The number of unbranched alkanes of at least 4 members (excludes halogenated alkanes) is 2. The van der Waals surface area contributed by atoms with Gasteiger partial charge in [0.1, 0.15) is 13.6 Å². The maximum absolute atomic E-state index is 12.1. The molecule has 0 fully saturated rings. The molecule has 21 heavy (non-hydrogen) atoms. The van der Waals surface area contributed by atoms with Crippen LogP contribution < -0.4 is 4.74 Å². The zero-order valence-corrected chi connectivity index (χ0v) is 12.5. The van der Waals surface area contributed by atoms with Crippen molar-refractivity contribution < 1.29 is 14.3 Å². The average molecular weight is 285 g/mol. The minimum absolute atomic E-state index is 0.293. The molecule has 1 heterocycles. The lowest BCUT2D eigenvalue weighted by atomic mass is 10.0. The van der Waals surface area contributed by atoms with E-state index in [1.165, 1.54) is 0 Å². The molecule has 0 amide bonds. The molecular formula is C16H20BNO3. The second-order valence-electron chi connectivity index (χ2n) is 5.08. The van der Waals surface area contributed by atoms with E-state index < -0.39 is 0 Å². The first-order chi connectivity index (χ1) is 10.1. The molecule has 1 atom stereocenters. The first-order valence-corrected chi connectivity index (χ1v) is 7.32. The number of hydrogen-bond donors (Lipinski definition) is 1. The Kier molecular flexibility index (Phi) is 5.31. The Labute approximate surface area is 126 Å². The van der Waals surface area contributed by atoms with Crippen molar-refractivity contribution in [2.45, 2.75) is 39.1 Å². The van der Waals surface area contributed by atoms with E-state index in [4.69, 9.17) is 17.3 Å². The van der Waals surface area contributed by atoms with Crippen LogP contribution in [0.2, 0.25) is 0 Å². The molecule has 2 radical (unpaired) electrons. The van der Waals surface area contributed by atoms with E-state index in [1.54, 1.807) is 19.2 Å². The lowest BCUT2D eigenvalue weighted by Crippen LogP contribution is -2.10. The summed E-state index contributed by atoms with van der Waals surface area (Å²) >= 11 is 0. The van der Waals surface area contributed by atoms with Crippen LogP contribution >= 0.6 is 0 Å². The summed E-state index contributed by atoms with van der Waals surface area (Å²) < 4.78 is 10.7. The van der Waals surface area contributed by atoms with Crippen LogP contribution in [0, 0.1) is 0 Å². The fourth-order valence-electron chi connectivity index (χ4n) is 2.16. The summed E-state index contributed by atoms with van der Waals surface area (Å²) in [5.41, 5.74) is 1.38. The summed E-state index contributed by atoms with van der Waals surface area (Å²) in [4.78, 5) is 15.1. The number of nitrogens with one attached hydrogen (secondary N) is 1. The molecule has 1 aromatic carbocycles. The molecular weight excluding hydrogens is 265 g/mol. The number of carbonyl (C=O) groups is 1. The van der Waals surface area contributed by atoms with Gasteiger partial charge in [-0.05, 0) is 25.5 Å². The van der Waals surface area contributed by atoms with Crippen LogP contribution in [0.15, 0.2) is 24.4 Å². The van der Waals surface area contributed by atoms with Crippen molar-refractivity contribution in [2.24, 2.45) is 0 Å². The van der Waals surface area contributed by atoms with Gasteiger partial charge in [0.2, 0.25) is 0 Å². The third kappa shape index (κ3) is 4.03. The van der Waals surface area contributed by atoms with E-state index in [9.17, 15) is 4.79 Å². The summed E-state index contributed by atoms with van der Waals surface area (Å²) in [6, 6.07) is 5.09. The van der Waals surface area contributed by atoms with Crippen LogP contribution in [0.1, 0.15) is 43.5 Å². The molecule has 0 aliphatic heterocycles. The van der Waals surface area contributed by atoms with Crippen LogP contribution in [-0.4, -0.2) is 31.4 Å². The molecule has 1 aromatic heterocycles. The number of aromatic amines is 1. The zero-order valence-electron chi connectivity index (χ0n) is 12.5. The first kappa shape index (κ1) is 15.5. The minimum atomic E-state index is -0.375. The Morgan fingerprint density at radius 1 is 1.38 bits per heavy atom. The predicted molar refractivity (Wildman–Crippen MR) is 84.0 cm³/mol. The Bertz CT molecular complexity index is 607. The second-order valence-corrected chi connectivity index (χ2v) is 5.08. The van der Waals surface area contributed by atoms with Gasteiger partial charge >= 0.3 is 5.97 Å². The largest absolute Gasteiger partial charge is 0.501 e. The van der Waals surface area contributed by atoms with Gasteiger partial charge in [-0.25, -0.2) is 4.79 Å². The number of ether oxygens (including phenoxy) is 2. The highest BCUT2D eigenvalue weighted by molar-refractivity contribution is 6.11. The van der Waals surface area contributed by atoms with Crippen LogP contribution in [0.5, 0.6) is 5.75 Å². The standard InChI is InChI=1S/C16H20BNO3/c1-3-4-5-8-20-16(19)14-10-18-15-9-12(21-11(2)17)6-7-13(14)15/h6-7,9-11,18H,3-5,8H2,1-2H3. The highest BCUT2D eigenvalue weighted by Crippen LogP contribution is 2.24. The van der Waals surface area contributed by atoms with Gasteiger partial charge in [-0.3, -0.25) is 0 Å². The maximum atomic E-state index is 12.1. The average Bonchev–Trinajstić information content (AvgIpc) is 2.86. The highest BCUT2D eigenvalue weighted by Gasteiger charge is 2.13. The van der Waals surface area contributed by atoms with Gasteiger partial charge in [0.25, 0.3) is 0 Å². The molecule has 0 aliphatic carbocycles. The summed E-state index contributed by atoms with van der Waals surface area (Å²) in [5, 5.41) is 0.826. The van der Waals surface area contributed by atoms with Gasteiger partial charge in [0.15, 0.2) is 0 Å². The summed E-state index contributed by atoms with van der Waals surface area (Å²) in [6.07, 6.45) is 4.74. The van der Waals surface area contributed by atoms with Crippen LogP contribution in [0.4, 0.5) is 0 Å². The normalized spacial score (nSPS) is 12.3. The molecule has 0 saturated heterocycles. The Hall–Kier alpha value is -1.91. The molecule has 2 rings (SSSR count). The van der Waals surface area contributed by atoms with Crippen molar-refractivity contribution in [2.75, 3.05) is 6.61 Å². The van der Waals surface area contributed by atoms with Crippen molar-refractivity contribution in [3.63, 3.8) is 0 Å². The van der Waals surface area contributed by atoms with E-state index in [0.717, 1.165) is 30.2 Å². The Morgan fingerprint density at radius 3 is 2.90 bits per heavy atom. The number of fused-ring (bicyclic) bond motifs is 1. The van der Waals surface area contributed by atoms with Crippen LogP contribution in [0.3, 0.4) is 0 Å². The first-order valence-electron chi connectivity index (χ1n) is 7.32. The topological polar surface area (TPSA) is 51.3 Å². The van der Waals surface area contributed by atoms with E-state index >= 15 is 0 Å². The van der Waals surface area contributed by atoms with Gasteiger partial charge in [-0.1, -0.05) is 19.8 Å². The van der Waals surface area contributed by atoms with Crippen molar-refractivity contribution >= 4 is 24.7 Å². The maximum Gasteiger partial charge on any atom is 0.340 e. The van der Waals surface area contributed by atoms with Crippen molar-refractivity contribution in [1.29, 1.82) is 0 Å². The molecule has 4 nitrogen and oxygen atoms in total. The van der Waals surface area contributed by atoms with E-state index in [1.807, 2.05) is 12.1 Å². The molecule has 0 spiro atoms. The Morgan fingerprint density at radius 2 is 2.19 bits per heavy atom. The molecule has 0 aliphatic rings. The minimum Gasteiger partial charge on any atom is -0.501 e. The quantitative estimate of drug-likeness (QED) is 0.482. The van der Waals surface area contributed by atoms with Gasteiger partial charge in [-0.15, -0.1) is 0 Å². The van der Waals surface area contributed by atoms with Gasteiger partial charge < -0.3 is 14.5 Å². The van der Waals surface area contributed by atoms with E-state index in [2.05, 4.69) is 11.9 Å². The van der Waals surface area contributed by atoms with Crippen LogP contribution in [-0.2, 0) is 4.74 Å². The molecule has 1 N–H and O–H groups in total. The third-order valence-electron chi connectivity index (χ3n) is 3.18. The summed E-state index contributed by atoms with van der Waals surface area (Å²) in [5.74, 6) is 0.375. The fourth-order valence-corrected chi connectivity index (χ4v) is 2.16. The SMILES string of the molecule is [B]C(C)Oc1ccc2c(C(=O)OCCCCC)c[nH]c2c1. The number of carbonyl (C=O) groups excluding carboxylic acids is 1. The number of hydrogen-bond acceptors (Lipinski definition) is 3. The number of H-pyrrole nitrogens is 1. The number of benzene rings is 1. The number of rotatable bonds is 7. The van der Waals surface area contributed by atoms with Crippen molar-refractivity contribution in [3.05, 3.63) is 30.0 Å². The lowest BCUT2D eigenvalue weighted by molar-refractivity contribution is 0.0500. The van der Waals surface area contributed by atoms with Gasteiger partial charge in [0.05, 0.1) is 18.2 Å². The van der Waals surface area contributed by atoms with Crippen molar-refractivity contribution in [3.8, 4) is 5.75 Å². The smallest absolute Gasteiger partial charge is 0.340 e. The second kappa shape index (κ2) is 7.20. The van der Waals surface area contributed by atoms with E-state index in [0.29, 0.717) is 17.9 Å². The Balaban J connectivity index is 2.09. The molecule has 2 aromatic rings.